The Morgan fingerprint density at radius 1 is 1.08 bits per heavy atom. The Morgan fingerprint density at radius 3 is 2.38 bits per heavy atom. The zero-order chi connectivity index (χ0) is 18.7. The quantitative estimate of drug-likeness (QED) is 0.711. The molecule has 6 nitrogen and oxygen atoms in total. The highest BCUT2D eigenvalue weighted by atomic mass is 32.2. The second-order valence-electron chi connectivity index (χ2n) is 5.85. The standard InChI is InChI=1S/C18H18FN3O3S/c1-3-12(2)22-26(23,24)16-11-14(9-10-15(16)19)18-21-20-17(25-18)13-7-5-4-6-8-13/h4-12,22H,3H2,1-2H3/t12-/m0/s1. The van der Waals surface area contributed by atoms with Gasteiger partial charge in [-0.05, 0) is 43.7 Å². The monoisotopic (exact) mass is 375 g/mol. The van der Waals surface area contributed by atoms with Crippen molar-refractivity contribution in [1.82, 2.24) is 14.9 Å². The number of hydrogen-bond donors (Lipinski definition) is 1. The van der Waals surface area contributed by atoms with Gasteiger partial charge in [-0.15, -0.1) is 10.2 Å². The van der Waals surface area contributed by atoms with E-state index in [-0.39, 0.29) is 11.9 Å². The molecule has 0 saturated heterocycles. The fourth-order valence-corrected chi connectivity index (χ4v) is 3.72. The summed E-state index contributed by atoms with van der Waals surface area (Å²) in [5, 5.41) is 7.90. The number of halogens is 1. The summed E-state index contributed by atoms with van der Waals surface area (Å²) >= 11 is 0. The van der Waals surface area contributed by atoms with Gasteiger partial charge in [0, 0.05) is 17.2 Å². The van der Waals surface area contributed by atoms with E-state index in [1.165, 1.54) is 12.1 Å². The summed E-state index contributed by atoms with van der Waals surface area (Å²) in [4.78, 5) is -0.449. The topological polar surface area (TPSA) is 85.1 Å². The number of nitrogens with zero attached hydrogens (tertiary/aromatic N) is 2. The summed E-state index contributed by atoms with van der Waals surface area (Å²) in [6.07, 6.45) is 0.588. The average Bonchev–Trinajstić information content (AvgIpc) is 3.12. The number of nitrogens with one attached hydrogen (secondary N) is 1. The lowest BCUT2D eigenvalue weighted by Gasteiger charge is -2.13. The van der Waals surface area contributed by atoms with Crippen LogP contribution in [0.1, 0.15) is 20.3 Å². The van der Waals surface area contributed by atoms with Crippen LogP contribution in [-0.2, 0) is 10.0 Å². The van der Waals surface area contributed by atoms with Crippen molar-refractivity contribution in [2.45, 2.75) is 31.2 Å². The maximum Gasteiger partial charge on any atom is 0.248 e. The Labute approximate surface area is 151 Å². The Kier molecular flexibility index (Phi) is 5.15. The van der Waals surface area contributed by atoms with E-state index in [0.29, 0.717) is 17.9 Å². The van der Waals surface area contributed by atoms with Gasteiger partial charge in [0.1, 0.15) is 10.7 Å². The van der Waals surface area contributed by atoms with E-state index in [4.69, 9.17) is 4.42 Å². The van der Waals surface area contributed by atoms with Gasteiger partial charge in [0.15, 0.2) is 0 Å². The molecule has 26 heavy (non-hydrogen) atoms. The molecule has 3 aromatic rings. The number of hydrogen-bond acceptors (Lipinski definition) is 5. The van der Waals surface area contributed by atoms with E-state index in [1.54, 1.807) is 6.92 Å². The van der Waals surface area contributed by atoms with Crippen LogP contribution in [0.5, 0.6) is 0 Å². The molecule has 1 heterocycles. The van der Waals surface area contributed by atoms with Crippen molar-refractivity contribution in [2.24, 2.45) is 0 Å². The third kappa shape index (κ3) is 3.81. The lowest BCUT2D eigenvalue weighted by Crippen LogP contribution is -2.32. The molecule has 3 rings (SSSR count). The average molecular weight is 375 g/mol. The van der Waals surface area contributed by atoms with Gasteiger partial charge in [0.25, 0.3) is 0 Å². The van der Waals surface area contributed by atoms with Crippen LogP contribution in [0.2, 0.25) is 0 Å². The molecule has 1 aromatic heterocycles. The molecular weight excluding hydrogens is 357 g/mol. The molecule has 0 saturated carbocycles. The Morgan fingerprint density at radius 2 is 1.73 bits per heavy atom. The maximum atomic E-state index is 14.1. The van der Waals surface area contributed by atoms with Gasteiger partial charge in [-0.3, -0.25) is 0 Å². The summed E-state index contributed by atoms with van der Waals surface area (Å²) in [6, 6.07) is 12.5. The highest BCUT2D eigenvalue weighted by Crippen LogP contribution is 2.27. The zero-order valence-corrected chi connectivity index (χ0v) is 15.1. The Balaban J connectivity index is 1.97. The van der Waals surface area contributed by atoms with Crippen molar-refractivity contribution < 1.29 is 17.2 Å². The summed E-state index contributed by atoms with van der Waals surface area (Å²) in [7, 11) is -3.99. The first-order valence-electron chi connectivity index (χ1n) is 8.12. The highest BCUT2D eigenvalue weighted by Gasteiger charge is 2.23. The predicted octanol–water partition coefficient (Wildman–Crippen LogP) is 3.62. The third-order valence-electron chi connectivity index (χ3n) is 3.88. The lowest BCUT2D eigenvalue weighted by molar-refractivity contribution is 0.539. The van der Waals surface area contributed by atoms with Crippen LogP contribution in [0, 0.1) is 5.82 Å². The minimum Gasteiger partial charge on any atom is -0.416 e. The minimum absolute atomic E-state index is 0.115. The van der Waals surface area contributed by atoms with Crippen LogP contribution < -0.4 is 4.72 Å². The number of aromatic nitrogens is 2. The fraction of sp³-hybridized carbons (Fsp3) is 0.222. The Hall–Kier alpha value is -2.58. The van der Waals surface area contributed by atoms with Crippen LogP contribution in [-0.4, -0.2) is 24.7 Å². The van der Waals surface area contributed by atoms with E-state index < -0.39 is 20.7 Å². The zero-order valence-electron chi connectivity index (χ0n) is 14.3. The van der Waals surface area contributed by atoms with Gasteiger partial charge in [-0.25, -0.2) is 17.5 Å². The fourth-order valence-electron chi connectivity index (χ4n) is 2.29. The van der Waals surface area contributed by atoms with Gasteiger partial charge in [0.2, 0.25) is 21.8 Å². The molecule has 0 bridgehead atoms. The van der Waals surface area contributed by atoms with Crippen molar-refractivity contribution in [3.05, 3.63) is 54.3 Å². The smallest absolute Gasteiger partial charge is 0.248 e. The van der Waals surface area contributed by atoms with Crippen LogP contribution in [0.4, 0.5) is 4.39 Å². The summed E-state index contributed by atoms with van der Waals surface area (Å²) in [6.45, 7) is 3.55. The molecule has 136 valence electrons. The van der Waals surface area contributed by atoms with E-state index in [2.05, 4.69) is 14.9 Å². The molecule has 0 unspecified atom stereocenters. The highest BCUT2D eigenvalue weighted by molar-refractivity contribution is 7.89. The molecular formula is C18H18FN3O3S. The molecule has 0 radical (unpaired) electrons. The third-order valence-corrected chi connectivity index (χ3v) is 5.49. The molecule has 0 fully saturated rings. The molecule has 1 atom stereocenters. The van der Waals surface area contributed by atoms with Gasteiger partial charge >= 0.3 is 0 Å². The van der Waals surface area contributed by atoms with Gasteiger partial charge in [-0.2, -0.15) is 0 Å². The molecule has 2 aromatic carbocycles. The van der Waals surface area contributed by atoms with Crippen molar-refractivity contribution in [2.75, 3.05) is 0 Å². The summed E-state index contributed by atoms with van der Waals surface area (Å²) < 4.78 is 47.0. The Bertz CT molecular complexity index is 1000. The van der Waals surface area contributed by atoms with E-state index in [9.17, 15) is 12.8 Å². The number of sulfonamides is 1. The first-order chi connectivity index (χ1) is 12.4. The largest absolute Gasteiger partial charge is 0.416 e. The molecule has 1 N–H and O–H groups in total. The first kappa shape index (κ1) is 18.2. The van der Waals surface area contributed by atoms with Crippen LogP contribution >= 0.6 is 0 Å². The van der Waals surface area contributed by atoms with Crippen LogP contribution in [0.3, 0.4) is 0 Å². The lowest BCUT2D eigenvalue weighted by atomic mass is 10.2. The van der Waals surface area contributed by atoms with Crippen LogP contribution in [0.15, 0.2) is 57.8 Å². The van der Waals surface area contributed by atoms with E-state index in [1.807, 2.05) is 37.3 Å². The molecule has 0 amide bonds. The van der Waals surface area contributed by atoms with Gasteiger partial charge < -0.3 is 4.42 Å². The van der Waals surface area contributed by atoms with E-state index >= 15 is 0 Å². The molecule has 0 aliphatic carbocycles. The molecule has 0 aliphatic heterocycles. The second-order valence-corrected chi connectivity index (χ2v) is 7.54. The normalized spacial score (nSPS) is 12.9. The predicted molar refractivity (Wildman–Crippen MR) is 95.2 cm³/mol. The van der Waals surface area contributed by atoms with Crippen molar-refractivity contribution in [3.8, 4) is 22.9 Å². The first-order valence-corrected chi connectivity index (χ1v) is 9.60. The molecule has 8 heteroatoms. The van der Waals surface area contributed by atoms with Crippen LogP contribution in [0.25, 0.3) is 22.9 Å². The molecule has 0 spiro atoms. The number of rotatable bonds is 6. The van der Waals surface area contributed by atoms with Crippen molar-refractivity contribution in [1.29, 1.82) is 0 Å². The second kappa shape index (κ2) is 7.35. The summed E-state index contributed by atoms with van der Waals surface area (Å²) in [5.41, 5.74) is 1.06. The summed E-state index contributed by atoms with van der Waals surface area (Å²) in [5.74, 6) is -0.428. The minimum atomic E-state index is -3.99. The van der Waals surface area contributed by atoms with E-state index in [0.717, 1.165) is 11.6 Å². The molecule has 0 aliphatic rings. The maximum absolute atomic E-state index is 14.1. The van der Waals surface area contributed by atoms with Crippen molar-refractivity contribution in [3.63, 3.8) is 0 Å². The van der Waals surface area contributed by atoms with Crippen molar-refractivity contribution >= 4 is 10.0 Å². The SMILES string of the molecule is CC[C@H](C)NS(=O)(=O)c1cc(-c2nnc(-c3ccccc3)o2)ccc1F. The number of benzene rings is 2. The van der Waals surface area contributed by atoms with Gasteiger partial charge in [0.05, 0.1) is 0 Å². The van der Waals surface area contributed by atoms with Gasteiger partial charge in [-0.1, -0.05) is 25.1 Å².